The summed E-state index contributed by atoms with van der Waals surface area (Å²) < 4.78 is 32.7. The van der Waals surface area contributed by atoms with Gasteiger partial charge in [0, 0.05) is 18.6 Å². The van der Waals surface area contributed by atoms with Gasteiger partial charge in [-0.1, -0.05) is 41.9 Å². The Hall–Kier alpha value is -2.09. The van der Waals surface area contributed by atoms with Crippen LogP contribution in [-0.2, 0) is 21.4 Å². The van der Waals surface area contributed by atoms with Crippen LogP contribution in [-0.4, -0.2) is 39.4 Å². The minimum absolute atomic E-state index is 0.113. The zero-order valence-electron chi connectivity index (χ0n) is 14.8. The van der Waals surface area contributed by atoms with Crippen LogP contribution >= 0.6 is 11.6 Å². The summed E-state index contributed by atoms with van der Waals surface area (Å²) in [6.07, 6.45) is 0. The molecular weight excluding hydrogens is 376 g/mol. The summed E-state index contributed by atoms with van der Waals surface area (Å²) in [4.78, 5) is 13.9. The second-order valence-electron chi connectivity index (χ2n) is 5.82. The Labute approximate surface area is 158 Å². The zero-order valence-corrected chi connectivity index (χ0v) is 16.3. The number of hydrogen-bond acceptors (Lipinski definition) is 4. The Morgan fingerprint density at radius 1 is 1.23 bits per heavy atom. The molecule has 0 radical (unpaired) electrons. The molecule has 0 aliphatic heterocycles. The van der Waals surface area contributed by atoms with Crippen LogP contribution in [0.4, 0.5) is 0 Å². The largest absolute Gasteiger partial charge is 0.495 e. The second-order valence-corrected chi connectivity index (χ2v) is 7.94. The number of carbonyl (C=O) groups excluding carboxylic acids is 1. The number of hydrogen-bond donors (Lipinski definition) is 1. The number of halogens is 1. The monoisotopic (exact) mass is 396 g/mol. The molecule has 1 atom stereocenters. The van der Waals surface area contributed by atoms with E-state index in [1.54, 1.807) is 7.05 Å². The van der Waals surface area contributed by atoms with Crippen molar-refractivity contribution >= 4 is 27.5 Å². The van der Waals surface area contributed by atoms with Gasteiger partial charge in [-0.15, -0.1) is 0 Å². The third kappa shape index (κ3) is 4.97. The molecule has 0 fully saturated rings. The molecule has 2 rings (SSSR count). The number of methoxy groups -OCH3 is 1. The quantitative estimate of drug-likeness (QED) is 0.780. The molecule has 0 saturated carbocycles. The van der Waals surface area contributed by atoms with Crippen LogP contribution in [0, 0.1) is 0 Å². The molecule has 2 aromatic carbocycles. The number of nitrogens with one attached hydrogen (secondary N) is 1. The number of likely N-dealkylation sites (N-methyl/N-ethyl adjacent to an activating group) is 1. The highest BCUT2D eigenvalue weighted by Gasteiger charge is 2.27. The molecule has 0 aliphatic rings. The van der Waals surface area contributed by atoms with E-state index in [9.17, 15) is 13.2 Å². The molecule has 8 heteroatoms. The molecule has 0 bridgehead atoms. The van der Waals surface area contributed by atoms with Crippen LogP contribution in [0.1, 0.15) is 12.5 Å². The summed E-state index contributed by atoms with van der Waals surface area (Å²) in [6.45, 7) is 1.88. The average Bonchev–Trinajstić information content (AvgIpc) is 2.61. The zero-order chi connectivity index (χ0) is 19.3. The maximum Gasteiger partial charge on any atom is 0.245 e. The third-order valence-electron chi connectivity index (χ3n) is 3.76. The summed E-state index contributed by atoms with van der Waals surface area (Å²) in [5, 5.41) is 0.256. The number of benzene rings is 2. The van der Waals surface area contributed by atoms with E-state index in [0.717, 1.165) is 5.56 Å². The summed E-state index contributed by atoms with van der Waals surface area (Å²) in [5.74, 6) is -0.197. The van der Waals surface area contributed by atoms with Crippen molar-refractivity contribution < 1.29 is 17.9 Å². The first-order valence-corrected chi connectivity index (χ1v) is 9.75. The van der Waals surface area contributed by atoms with Gasteiger partial charge in [0.2, 0.25) is 15.9 Å². The van der Waals surface area contributed by atoms with Crippen LogP contribution in [0.5, 0.6) is 5.75 Å². The van der Waals surface area contributed by atoms with Gasteiger partial charge in [0.1, 0.15) is 10.6 Å². The Bertz CT molecular complexity index is 872. The van der Waals surface area contributed by atoms with Gasteiger partial charge in [-0.2, -0.15) is 4.72 Å². The Kier molecular flexibility index (Phi) is 6.63. The van der Waals surface area contributed by atoms with Crippen molar-refractivity contribution in [3.05, 3.63) is 59.1 Å². The second kappa shape index (κ2) is 8.53. The number of carbonyl (C=O) groups is 1. The third-order valence-corrected chi connectivity index (χ3v) is 5.55. The summed E-state index contributed by atoms with van der Waals surface area (Å²) in [5.41, 5.74) is 0.954. The maximum absolute atomic E-state index is 12.6. The van der Waals surface area contributed by atoms with Crippen molar-refractivity contribution in [1.29, 1.82) is 0 Å². The summed E-state index contributed by atoms with van der Waals surface area (Å²) in [7, 11) is -0.992. The Morgan fingerprint density at radius 2 is 1.88 bits per heavy atom. The molecule has 1 amide bonds. The molecule has 0 heterocycles. The average molecular weight is 397 g/mol. The lowest BCUT2D eigenvalue weighted by Gasteiger charge is -2.22. The SMILES string of the molecule is COc1ccc(Cl)cc1S(=O)(=O)N[C@@H](C)C(=O)N(C)Cc1ccccc1. The fourth-order valence-electron chi connectivity index (χ4n) is 2.47. The van der Waals surface area contributed by atoms with Crippen LogP contribution in [0.2, 0.25) is 5.02 Å². The molecule has 0 saturated heterocycles. The number of ether oxygens (including phenoxy) is 1. The van der Waals surface area contributed by atoms with Crippen molar-refractivity contribution in [2.75, 3.05) is 14.2 Å². The van der Waals surface area contributed by atoms with Gasteiger partial charge in [0.05, 0.1) is 13.2 Å². The van der Waals surface area contributed by atoms with Crippen LogP contribution in [0.15, 0.2) is 53.4 Å². The van der Waals surface area contributed by atoms with Crippen LogP contribution in [0.25, 0.3) is 0 Å². The van der Waals surface area contributed by atoms with Crippen molar-refractivity contribution in [2.45, 2.75) is 24.4 Å². The smallest absolute Gasteiger partial charge is 0.245 e. The maximum atomic E-state index is 12.6. The first-order valence-electron chi connectivity index (χ1n) is 7.89. The van der Waals surface area contributed by atoms with Gasteiger partial charge in [-0.05, 0) is 30.7 Å². The summed E-state index contributed by atoms with van der Waals surface area (Å²) in [6, 6.07) is 12.8. The normalized spacial score (nSPS) is 12.5. The van der Waals surface area contributed by atoms with E-state index in [1.807, 2.05) is 30.3 Å². The molecule has 0 unspecified atom stereocenters. The Morgan fingerprint density at radius 3 is 2.50 bits per heavy atom. The van der Waals surface area contributed by atoms with E-state index in [-0.39, 0.29) is 21.6 Å². The molecule has 2 aromatic rings. The fraction of sp³-hybridized carbons (Fsp3) is 0.278. The highest BCUT2D eigenvalue weighted by atomic mass is 35.5. The van der Waals surface area contributed by atoms with Crippen molar-refractivity contribution in [2.24, 2.45) is 0 Å². The molecule has 0 spiro atoms. The lowest BCUT2D eigenvalue weighted by molar-refractivity contribution is -0.131. The highest BCUT2D eigenvalue weighted by Crippen LogP contribution is 2.27. The number of nitrogens with zero attached hydrogens (tertiary/aromatic N) is 1. The predicted molar refractivity (Wildman–Crippen MR) is 101 cm³/mol. The predicted octanol–water partition coefficient (Wildman–Crippen LogP) is 2.67. The van der Waals surface area contributed by atoms with Crippen molar-refractivity contribution in [3.63, 3.8) is 0 Å². The highest BCUT2D eigenvalue weighted by molar-refractivity contribution is 7.89. The number of sulfonamides is 1. The van der Waals surface area contributed by atoms with Crippen LogP contribution < -0.4 is 9.46 Å². The van der Waals surface area contributed by atoms with Gasteiger partial charge in [-0.25, -0.2) is 8.42 Å². The molecule has 140 valence electrons. The molecule has 0 aromatic heterocycles. The molecule has 26 heavy (non-hydrogen) atoms. The van der Waals surface area contributed by atoms with Crippen LogP contribution in [0.3, 0.4) is 0 Å². The molecular formula is C18H21ClN2O4S. The minimum Gasteiger partial charge on any atom is -0.495 e. The first kappa shape index (κ1) is 20.2. The molecule has 1 N–H and O–H groups in total. The van der Waals surface area contributed by atoms with Gasteiger partial charge in [0.15, 0.2) is 0 Å². The topological polar surface area (TPSA) is 75.7 Å². The lowest BCUT2D eigenvalue weighted by atomic mass is 10.2. The van der Waals surface area contributed by atoms with Gasteiger partial charge >= 0.3 is 0 Å². The first-order chi connectivity index (χ1) is 12.2. The van der Waals surface area contributed by atoms with Gasteiger partial charge in [0.25, 0.3) is 0 Å². The fourth-order valence-corrected chi connectivity index (χ4v) is 4.10. The number of amides is 1. The molecule has 6 nitrogen and oxygen atoms in total. The number of rotatable bonds is 7. The van der Waals surface area contributed by atoms with Crippen molar-refractivity contribution in [1.82, 2.24) is 9.62 Å². The van der Waals surface area contributed by atoms with E-state index >= 15 is 0 Å². The summed E-state index contributed by atoms with van der Waals surface area (Å²) >= 11 is 5.90. The van der Waals surface area contributed by atoms with E-state index in [0.29, 0.717) is 6.54 Å². The van der Waals surface area contributed by atoms with E-state index in [2.05, 4.69) is 4.72 Å². The van der Waals surface area contributed by atoms with E-state index in [1.165, 1.54) is 37.1 Å². The van der Waals surface area contributed by atoms with Gasteiger partial charge in [-0.3, -0.25) is 4.79 Å². The standard InChI is InChI=1S/C18H21ClN2O4S/c1-13(18(22)21(2)12-14-7-5-4-6-8-14)20-26(23,24)17-11-15(19)9-10-16(17)25-3/h4-11,13,20H,12H2,1-3H3/t13-/m0/s1. The van der Waals surface area contributed by atoms with Gasteiger partial charge < -0.3 is 9.64 Å². The van der Waals surface area contributed by atoms with Crippen molar-refractivity contribution in [3.8, 4) is 5.75 Å². The minimum atomic E-state index is -3.98. The van der Waals surface area contributed by atoms with E-state index < -0.39 is 16.1 Å². The lowest BCUT2D eigenvalue weighted by Crippen LogP contribution is -2.45. The van der Waals surface area contributed by atoms with E-state index in [4.69, 9.17) is 16.3 Å². The molecule has 0 aliphatic carbocycles. The Balaban J connectivity index is 2.13.